The fourth-order valence-electron chi connectivity index (χ4n) is 1.70. The Balaban J connectivity index is 2.35. The fraction of sp³-hybridized carbons (Fsp3) is 0.143. The van der Waals surface area contributed by atoms with Gasteiger partial charge < -0.3 is 10.5 Å². The Bertz CT molecular complexity index is 590. The number of hydrogen-bond acceptors (Lipinski definition) is 2. The lowest BCUT2D eigenvalue weighted by Gasteiger charge is -2.13. The van der Waals surface area contributed by atoms with E-state index in [0.717, 1.165) is 5.56 Å². The number of rotatable bonds is 4. The van der Waals surface area contributed by atoms with Crippen LogP contribution in [0.4, 0.5) is 4.39 Å². The summed E-state index contributed by atoms with van der Waals surface area (Å²) in [5.74, 6) is 0.542. The zero-order valence-electron chi connectivity index (χ0n) is 10.00. The summed E-state index contributed by atoms with van der Waals surface area (Å²) in [4.78, 5) is 0. The third kappa shape index (κ3) is 3.38. The van der Waals surface area contributed by atoms with E-state index in [1.807, 2.05) is 0 Å². The molecule has 0 amide bonds. The predicted molar refractivity (Wildman–Crippen MR) is 75.7 cm³/mol. The van der Waals surface area contributed by atoms with Gasteiger partial charge in [-0.1, -0.05) is 29.3 Å². The highest BCUT2D eigenvalue weighted by atomic mass is 35.5. The average molecular weight is 300 g/mol. The van der Waals surface area contributed by atoms with Gasteiger partial charge in [0.05, 0.1) is 5.02 Å². The van der Waals surface area contributed by atoms with Crippen LogP contribution in [0.1, 0.15) is 5.56 Å². The quantitative estimate of drug-likeness (QED) is 0.906. The zero-order chi connectivity index (χ0) is 13.8. The maximum Gasteiger partial charge on any atom is 0.146 e. The summed E-state index contributed by atoms with van der Waals surface area (Å²) >= 11 is 12.0. The van der Waals surface area contributed by atoms with Gasteiger partial charge in [0.15, 0.2) is 0 Å². The molecule has 0 fully saturated rings. The molecule has 100 valence electrons. The van der Waals surface area contributed by atoms with Gasteiger partial charge in [-0.05, 0) is 43.3 Å². The summed E-state index contributed by atoms with van der Waals surface area (Å²) in [6.45, 7) is 0.456. The molecule has 0 saturated carbocycles. The van der Waals surface area contributed by atoms with Gasteiger partial charge >= 0.3 is 0 Å². The van der Waals surface area contributed by atoms with Gasteiger partial charge in [0.1, 0.15) is 17.3 Å². The van der Waals surface area contributed by atoms with Crippen molar-refractivity contribution in [2.75, 3.05) is 6.54 Å². The van der Waals surface area contributed by atoms with Crippen molar-refractivity contribution in [1.82, 2.24) is 0 Å². The van der Waals surface area contributed by atoms with Gasteiger partial charge in [0.2, 0.25) is 0 Å². The number of nitrogens with two attached hydrogens (primary N) is 1. The molecule has 0 spiro atoms. The van der Waals surface area contributed by atoms with Crippen molar-refractivity contribution in [3.05, 3.63) is 57.8 Å². The maximum atomic E-state index is 13.0. The van der Waals surface area contributed by atoms with Crippen molar-refractivity contribution in [3.8, 4) is 11.5 Å². The minimum absolute atomic E-state index is 0.207. The van der Waals surface area contributed by atoms with Crippen LogP contribution in [-0.4, -0.2) is 6.54 Å². The smallest absolute Gasteiger partial charge is 0.146 e. The fourth-order valence-corrected chi connectivity index (χ4v) is 2.16. The van der Waals surface area contributed by atoms with Crippen LogP contribution < -0.4 is 10.5 Å². The van der Waals surface area contributed by atoms with E-state index in [2.05, 4.69) is 0 Å². The lowest BCUT2D eigenvalue weighted by molar-refractivity contribution is 0.474. The minimum atomic E-state index is -0.411. The molecular formula is C14H12Cl2FNO. The van der Waals surface area contributed by atoms with E-state index >= 15 is 0 Å². The van der Waals surface area contributed by atoms with Crippen molar-refractivity contribution < 1.29 is 9.13 Å². The molecule has 0 bridgehead atoms. The number of hydrogen-bond donors (Lipinski definition) is 1. The van der Waals surface area contributed by atoms with Crippen LogP contribution in [0, 0.1) is 5.82 Å². The van der Waals surface area contributed by atoms with Crippen LogP contribution in [0.15, 0.2) is 36.4 Å². The molecule has 2 rings (SSSR count). The molecular weight excluding hydrogens is 288 g/mol. The number of benzene rings is 2. The molecule has 19 heavy (non-hydrogen) atoms. The Morgan fingerprint density at radius 2 is 1.84 bits per heavy atom. The molecule has 2 aromatic carbocycles. The van der Waals surface area contributed by atoms with Crippen molar-refractivity contribution in [3.63, 3.8) is 0 Å². The molecule has 0 aliphatic carbocycles. The van der Waals surface area contributed by atoms with Gasteiger partial charge in [0, 0.05) is 10.6 Å². The molecule has 0 unspecified atom stereocenters. The SMILES string of the molecule is NCCc1c(Cl)cccc1Oc1ccc(F)cc1Cl. The topological polar surface area (TPSA) is 35.2 Å². The van der Waals surface area contributed by atoms with E-state index in [-0.39, 0.29) is 5.02 Å². The van der Waals surface area contributed by atoms with E-state index in [1.54, 1.807) is 18.2 Å². The van der Waals surface area contributed by atoms with E-state index in [1.165, 1.54) is 18.2 Å². The molecule has 0 saturated heterocycles. The minimum Gasteiger partial charge on any atom is -0.455 e. The summed E-state index contributed by atoms with van der Waals surface area (Å²) in [5, 5.41) is 0.792. The number of ether oxygens (including phenoxy) is 1. The van der Waals surface area contributed by atoms with Gasteiger partial charge in [0.25, 0.3) is 0 Å². The second kappa shape index (κ2) is 6.24. The molecule has 0 atom stereocenters. The van der Waals surface area contributed by atoms with E-state index < -0.39 is 5.82 Å². The largest absolute Gasteiger partial charge is 0.455 e. The van der Waals surface area contributed by atoms with Gasteiger partial charge in [-0.2, -0.15) is 0 Å². The molecule has 0 heterocycles. The van der Waals surface area contributed by atoms with Crippen LogP contribution in [0.3, 0.4) is 0 Å². The standard InChI is InChI=1S/C14H12Cl2FNO/c15-11-2-1-3-13(10(11)6-7-18)19-14-5-4-9(17)8-12(14)16/h1-5,8H,6-7,18H2. The summed E-state index contributed by atoms with van der Waals surface area (Å²) in [7, 11) is 0. The van der Waals surface area contributed by atoms with E-state index in [4.69, 9.17) is 33.7 Å². The Morgan fingerprint density at radius 3 is 2.53 bits per heavy atom. The van der Waals surface area contributed by atoms with Crippen molar-refractivity contribution >= 4 is 23.2 Å². The molecule has 0 aliphatic heterocycles. The van der Waals surface area contributed by atoms with Crippen LogP contribution in [0.5, 0.6) is 11.5 Å². The van der Waals surface area contributed by atoms with Crippen molar-refractivity contribution in [2.45, 2.75) is 6.42 Å². The van der Waals surface area contributed by atoms with Crippen molar-refractivity contribution in [2.24, 2.45) is 5.73 Å². The molecule has 0 aromatic heterocycles. The average Bonchev–Trinajstić information content (AvgIpc) is 2.37. The highest BCUT2D eigenvalue weighted by Gasteiger charge is 2.10. The molecule has 2 N–H and O–H groups in total. The van der Waals surface area contributed by atoms with E-state index in [9.17, 15) is 4.39 Å². The zero-order valence-corrected chi connectivity index (χ0v) is 11.5. The third-order valence-corrected chi connectivity index (χ3v) is 3.23. The molecule has 0 radical (unpaired) electrons. The monoisotopic (exact) mass is 299 g/mol. The van der Waals surface area contributed by atoms with E-state index in [0.29, 0.717) is 29.5 Å². The first-order chi connectivity index (χ1) is 9.11. The second-order valence-corrected chi connectivity index (χ2v) is 4.75. The Hall–Kier alpha value is -1.29. The van der Waals surface area contributed by atoms with Gasteiger partial charge in [-0.3, -0.25) is 0 Å². The summed E-state index contributed by atoms with van der Waals surface area (Å²) in [5.41, 5.74) is 6.36. The highest BCUT2D eigenvalue weighted by molar-refractivity contribution is 6.32. The Labute approximate surface area is 120 Å². The Kier molecular flexibility index (Phi) is 4.64. The summed E-state index contributed by atoms with van der Waals surface area (Å²) in [6, 6.07) is 9.28. The highest BCUT2D eigenvalue weighted by Crippen LogP contribution is 2.34. The second-order valence-electron chi connectivity index (χ2n) is 3.93. The van der Waals surface area contributed by atoms with Crippen LogP contribution >= 0.6 is 23.2 Å². The van der Waals surface area contributed by atoms with Crippen molar-refractivity contribution in [1.29, 1.82) is 0 Å². The normalized spacial score (nSPS) is 10.5. The predicted octanol–water partition coefficient (Wildman–Crippen LogP) is 4.43. The number of halogens is 3. The first-order valence-corrected chi connectivity index (χ1v) is 6.47. The van der Waals surface area contributed by atoms with Crippen LogP contribution in [0.2, 0.25) is 10.0 Å². The Morgan fingerprint density at radius 1 is 1.05 bits per heavy atom. The van der Waals surface area contributed by atoms with Gasteiger partial charge in [-0.15, -0.1) is 0 Å². The van der Waals surface area contributed by atoms with Gasteiger partial charge in [-0.25, -0.2) is 4.39 Å². The third-order valence-electron chi connectivity index (χ3n) is 2.58. The molecule has 0 aliphatic rings. The van der Waals surface area contributed by atoms with Crippen LogP contribution in [0.25, 0.3) is 0 Å². The summed E-state index contributed by atoms with van der Waals surface area (Å²) < 4.78 is 18.7. The lowest BCUT2D eigenvalue weighted by atomic mass is 10.1. The maximum absolute atomic E-state index is 13.0. The first-order valence-electron chi connectivity index (χ1n) is 5.72. The van der Waals surface area contributed by atoms with Crippen LogP contribution in [-0.2, 0) is 6.42 Å². The molecule has 2 aromatic rings. The lowest BCUT2D eigenvalue weighted by Crippen LogP contribution is -2.04. The first kappa shape index (κ1) is 14.1. The molecule has 5 heteroatoms. The summed E-state index contributed by atoms with van der Waals surface area (Å²) in [6.07, 6.45) is 0.591. The molecule has 2 nitrogen and oxygen atoms in total.